The molecule has 3 atom stereocenters. The van der Waals surface area contributed by atoms with Crippen molar-refractivity contribution in [1.82, 2.24) is 0 Å². The van der Waals surface area contributed by atoms with Gasteiger partial charge in [-0.2, -0.15) is 0 Å². The molecule has 1 aliphatic carbocycles. The van der Waals surface area contributed by atoms with Crippen LogP contribution in [0.5, 0.6) is 0 Å². The van der Waals surface area contributed by atoms with E-state index < -0.39 is 0 Å². The topological polar surface area (TPSA) is 0 Å². The molecule has 0 saturated heterocycles. The molecule has 0 spiro atoms. The van der Waals surface area contributed by atoms with Crippen LogP contribution in [0.1, 0.15) is 29.4 Å². The van der Waals surface area contributed by atoms with E-state index >= 15 is 0 Å². The molecule has 2 heteroatoms. The molecule has 1 aliphatic rings. The molecule has 0 bridgehead atoms. The van der Waals surface area contributed by atoms with Crippen LogP contribution in [-0.4, -0.2) is 5.88 Å². The highest BCUT2D eigenvalue weighted by atomic mass is 35.5. The zero-order chi connectivity index (χ0) is 13.2. The van der Waals surface area contributed by atoms with E-state index in [1.807, 2.05) is 12.1 Å². The standard InChI is InChI=1S/C17H16Cl2/c18-11-17(13-7-4-8-14(19)9-13)16-10-15(16)12-5-2-1-3-6-12/h1-9,15-17H,10-11H2. The summed E-state index contributed by atoms with van der Waals surface area (Å²) in [5.41, 5.74) is 2.70. The highest BCUT2D eigenvalue weighted by Gasteiger charge is 2.43. The lowest BCUT2D eigenvalue weighted by Gasteiger charge is -2.14. The third-order valence-electron chi connectivity index (χ3n) is 4.03. The van der Waals surface area contributed by atoms with Crippen LogP contribution in [0, 0.1) is 5.92 Å². The first kappa shape index (κ1) is 13.0. The maximum absolute atomic E-state index is 6.20. The van der Waals surface area contributed by atoms with Crippen molar-refractivity contribution < 1.29 is 0 Å². The fourth-order valence-electron chi connectivity index (χ4n) is 2.93. The van der Waals surface area contributed by atoms with Gasteiger partial charge in [-0.3, -0.25) is 0 Å². The molecule has 2 aromatic rings. The Morgan fingerprint density at radius 3 is 2.53 bits per heavy atom. The van der Waals surface area contributed by atoms with Crippen LogP contribution in [0.15, 0.2) is 54.6 Å². The van der Waals surface area contributed by atoms with Crippen LogP contribution in [0.3, 0.4) is 0 Å². The Labute approximate surface area is 124 Å². The molecule has 2 aromatic carbocycles. The number of hydrogen-bond donors (Lipinski definition) is 0. The summed E-state index contributed by atoms with van der Waals surface area (Å²) in [7, 11) is 0. The quantitative estimate of drug-likeness (QED) is 0.656. The highest BCUT2D eigenvalue weighted by Crippen LogP contribution is 2.55. The average molecular weight is 291 g/mol. The van der Waals surface area contributed by atoms with E-state index in [0.29, 0.717) is 23.6 Å². The lowest BCUT2D eigenvalue weighted by Crippen LogP contribution is -2.04. The third-order valence-corrected chi connectivity index (χ3v) is 4.59. The van der Waals surface area contributed by atoms with Crippen LogP contribution in [0.25, 0.3) is 0 Å². The molecule has 0 nitrogen and oxygen atoms in total. The molecule has 0 radical (unpaired) electrons. The molecule has 0 heterocycles. The van der Waals surface area contributed by atoms with Crippen molar-refractivity contribution in [2.45, 2.75) is 18.3 Å². The van der Waals surface area contributed by atoms with E-state index in [4.69, 9.17) is 23.2 Å². The van der Waals surface area contributed by atoms with Gasteiger partial charge in [0.25, 0.3) is 0 Å². The molecule has 1 fully saturated rings. The van der Waals surface area contributed by atoms with Gasteiger partial charge in [0.1, 0.15) is 0 Å². The summed E-state index contributed by atoms with van der Waals surface area (Å²) in [6.07, 6.45) is 1.23. The first-order valence-electron chi connectivity index (χ1n) is 6.66. The number of alkyl halides is 1. The molecular formula is C17H16Cl2. The molecule has 0 amide bonds. The highest BCUT2D eigenvalue weighted by molar-refractivity contribution is 6.30. The van der Waals surface area contributed by atoms with Crippen molar-refractivity contribution in [3.63, 3.8) is 0 Å². The maximum Gasteiger partial charge on any atom is 0.0408 e. The molecule has 3 unspecified atom stereocenters. The van der Waals surface area contributed by atoms with E-state index in [0.717, 1.165) is 5.02 Å². The van der Waals surface area contributed by atoms with Gasteiger partial charge < -0.3 is 0 Å². The zero-order valence-corrected chi connectivity index (χ0v) is 12.1. The fraction of sp³-hybridized carbons (Fsp3) is 0.294. The summed E-state index contributed by atoms with van der Waals surface area (Å²) in [5, 5.41) is 0.796. The first-order chi connectivity index (χ1) is 9.29. The number of rotatable bonds is 4. The molecule has 3 rings (SSSR count). The summed E-state index contributed by atoms with van der Waals surface area (Å²) >= 11 is 12.3. The first-order valence-corrected chi connectivity index (χ1v) is 7.57. The molecule has 0 aliphatic heterocycles. The Morgan fingerprint density at radius 2 is 1.84 bits per heavy atom. The molecular weight excluding hydrogens is 275 g/mol. The smallest absolute Gasteiger partial charge is 0.0408 e. The summed E-state index contributed by atoms with van der Waals surface area (Å²) in [5.74, 6) is 2.38. The second kappa shape index (κ2) is 5.56. The van der Waals surface area contributed by atoms with Crippen LogP contribution in [0.4, 0.5) is 0 Å². The van der Waals surface area contributed by atoms with Crippen molar-refractivity contribution in [3.05, 3.63) is 70.7 Å². The minimum absolute atomic E-state index is 0.408. The Bertz CT molecular complexity index is 550. The van der Waals surface area contributed by atoms with Gasteiger partial charge in [-0.05, 0) is 41.5 Å². The van der Waals surface area contributed by atoms with Crippen LogP contribution < -0.4 is 0 Å². The summed E-state index contributed by atoms with van der Waals surface area (Å²) < 4.78 is 0. The van der Waals surface area contributed by atoms with Gasteiger partial charge in [-0.15, -0.1) is 11.6 Å². The predicted octanol–water partition coefficient (Wildman–Crippen LogP) is 5.47. The van der Waals surface area contributed by atoms with Crippen molar-refractivity contribution in [1.29, 1.82) is 0 Å². The Morgan fingerprint density at radius 1 is 1.05 bits per heavy atom. The van der Waals surface area contributed by atoms with Crippen molar-refractivity contribution in [3.8, 4) is 0 Å². The summed E-state index contributed by atoms with van der Waals surface area (Å²) in [4.78, 5) is 0. The minimum Gasteiger partial charge on any atom is -0.126 e. The van der Waals surface area contributed by atoms with Gasteiger partial charge in [0.2, 0.25) is 0 Å². The largest absolute Gasteiger partial charge is 0.126 e. The number of benzene rings is 2. The van der Waals surface area contributed by atoms with E-state index in [-0.39, 0.29) is 0 Å². The van der Waals surface area contributed by atoms with Gasteiger partial charge in [0, 0.05) is 16.8 Å². The van der Waals surface area contributed by atoms with Gasteiger partial charge in [-0.1, -0.05) is 54.1 Å². The second-order valence-electron chi connectivity index (χ2n) is 5.23. The van der Waals surface area contributed by atoms with Crippen molar-refractivity contribution in [2.24, 2.45) is 5.92 Å². The Balaban J connectivity index is 1.79. The third kappa shape index (κ3) is 2.80. The van der Waals surface area contributed by atoms with Gasteiger partial charge in [0.15, 0.2) is 0 Å². The van der Waals surface area contributed by atoms with Crippen LogP contribution >= 0.6 is 23.2 Å². The SMILES string of the molecule is ClCC(c1cccc(Cl)c1)C1CC1c1ccccc1. The molecule has 19 heavy (non-hydrogen) atoms. The van der Waals surface area contributed by atoms with Crippen LogP contribution in [0.2, 0.25) is 5.02 Å². The normalized spacial score (nSPS) is 23.1. The zero-order valence-electron chi connectivity index (χ0n) is 10.6. The lowest BCUT2D eigenvalue weighted by atomic mass is 9.93. The monoisotopic (exact) mass is 290 g/mol. The maximum atomic E-state index is 6.20. The van der Waals surface area contributed by atoms with Gasteiger partial charge in [0.05, 0.1) is 0 Å². The van der Waals surface area contributed by atoms with Gasteiger partial charge >= 0.3 is 0 Å². The summed E-state index contributed by atoms with van der Waals surface area (Å²) in [6.45, 7) is 0. The molecule has 98 valence electrons. The van der Waals surface area contributed by atoms with E-state index in [1.165, 1.54) is 17.5 Å². The summed E-state index contributed by atoms with van der Waals surface area (Å²) in [6, 6.07) is 18.8. The average Bonchev–Trinajstić information content (AvgIpc) is 3.21. The van der Waals surface area contributed by atoms with E-state index in [2.05, 4.69) is 42.5 Å². The Kier molecular flexibility index (Phi) is 3.81. The van der Waals surface area contributed by atoms with Crippen LogP contribution in [-0.2, 0) is 0 Å². The van der Waals surface area contributed by atoms with Gasteiger partial charge in [-0.25, -0.2) is 0 Å². The van der Waals surface area contributed by atoms with Crippen molar-refractivity contribution in [2.75, 3.05) is 5.88 Å². The molecule has 0 aromatic heterocycles. The number of halogens is 2. The fourth-order valence-corrected chi connectivity index (χ4v) is 3.54. The lowest BCUT2D eigenvalue weighted by molar-refractivity contribution is 0.650. The number of hydrogen-bond acceptors (Lipinski definition) is 0. The second-order valence-corrected chi connectivity index (χ2v) is 5.98. The van der Waals surface area contributed by atoms with E-state index in [9.17, 15) is 0 Å². The molecule has 1 saturated carbocycles. The minimum atomic E-state index is 0.408. The Hall–Kier alpha value is -0.980. The molecule has 0 N–H and O–H groups in total. The predicted molar refractivity (Wildman–Crippen MR) is 82.2 cm³/mol. The van der Waals surface area contributed by atoms with E-state index in [1.54, 1.807) is 0 Å². The van der Waals surface area contributed by atoms with Crippen molar-refractivity contribution >= 4 is 23.2 Å².